The second-order valence-electron chi connectivity index (χ2n) is 7.41. The highest BCUT2D eigenvalue weighted by Gasteiger charge is 2.19. The molecule has 0 aliphatic heterocycles. The third-order valence-corrected chi connectivity index (χ3v) is 5.55. The van der Waals surface area contributed by atoms with E-state index in [1.54, 1.807) is 24.3 Å². The molecule has 0 aliphatic carbocycles. The maximum atomic E-state index is 13.7. The summed E-state index contributed by atoms with van der Waals surface area (Å²) in [5.41, 5.74) is -1.27. The van der Waals surface area contributed by atoms with Gasteiger partial charge in [0.1, 0.15) is 0 Å². The number of aromatic nitrogens is 3. The molecule has 0 saturated carbocycles. The van der Waals surface area contributed by atoms with Crippen molar-refractivity contribution in [2.75, 3.05) is 0 Å². The third kappa shape index (κ3) is 2.93. The highest BCUT2D eigenvalue weighted by molar-refractivity contribution is 5.91. The summed E-state index contributed by atoms with van der Waals surface area (Å²) >= 11 is 0. The Bertz CT molecular complexity index is 1560. The summed E-state index contributed by atoms with van der Waals surface area (Å²) in [5.74, 6) is 0. The second-order valence-corrected chi connectivity index (χ2v) is 7.41. The van der Waals surface area contributed by atoms with Gasteiger partial charge in [0, 0.05) is 10.8 Å². The van der Waals surface area contributed by atoms with Gasteiger partial charge in [-0.1, -0.05) is 78.9 Å². The van der Waals surface area contributed by atoms with Gasteiger partial charge in [0.15, 0.2) is 0 Å². The lowest BCUT2D eigenvalue weighted by Crippen LogP contribution is -2.53. The van der Waals surface area contributed by atoms with Gasteiger partial charge in [-0.25, -0.2) is 28.1 Å². The SMILES string of the molecule is C=CCn1c(=O)n(-c2cccc3ccccc23)c(=O)n(-c2cccc3ccccc23)c1=O. The second kappa shape index (κ2) is 7.67. The molecule has 0 saturated heterocycles. The molecule has 0 aliphatic rings. The van der Waals surface area contributed by atoms with E-state index < -0.39 is 17.1 Å². The van der Waals surface area contributed by atoms with Gasteiger partial charge in [0.05, 0.1) is 17.9 Å². The number of hydrogen-bond donors (Lipinski definition) is 0. The molecule has 6 nitrogen and oxygen atoms in total. The summed E-state index contributed by atoms with van der Waals surface area (Å²) in [6.07, 6.45) is 1.47. The van der Waals surface area contributed by atoms with Gasteiger partial charge in [-0.15, -0.1) is 6.58 Å². The van der Waals surface area contributed by atoms with Crippen molar-refractivity contribution >= 4 is 21.5 Å². The van der Waals surface area contributed by atoms with Crippen LogP contribution >= 0.6 is 0 Å². The summed E-state index contributed by atoms with van der Waals surface area (Å²) in [5, 5.41) is 3.24. The number of benzene rings is 4. The normalized spacial score (nSPS) is 11.1. The topological polar surface area (TPSA) is 66.0 Å². The Morgan fingerprint density at radius 1 is 0.594 bits per heavy atom. The summed E-state index contributed by atoms with van der Waals surface area (Å²) < 4.78 is 3.15. The molecule has 0 radical (unpaired) electrons. The molecule has 0 fully saturated rings. The highest BCUT2D eigenvalue weighted by atomic mass is 16.2. The van der Waals surface area contributed by atoms with Gasteiger partial charge in [0.2, 0.25) is 0 Å². The van der Waals surface area contributed by atoms with Crippen LogP contribution in [0.2, 0.25) is 0 Å². The van der Waals surface area contributed by atoms with Gasteiger partial charge in [-0.05, 0) is 22.9 Å². The first-order chi connectivity index (χ1) is 15.6. The van der Waals surface area contributed by atoms with Crippen LogP contribution in [0.15, 0.2) is 112 Å². The fourth-order valence-electron chi connectivity index (χ4n) is 4.09. The molecule has 0 spiro atoms. The minimum absolute atomic E-state index is 0.0204. The van der Waals surface area contributed by atoms with E-state index >= 15 is 0 Å². The van der Waals surface area contributed by atoms with Crippen LogP contribution in [0.25, 0.3) is 32.9 Å². The molecule has 5 rings (SSSR count). The fourth-order valence-corrected chi connectivity index (χ4v) is 4.09. The van der Waals surface area contributed by atoms with Crippen molar-refractivity contribution in [3.05, 3.63) is 129 Å². The number of allylic oxidation sites excluding steroid dienone is 1. The van der Waals surface area contributed by atoms with E-state index in [-0.39, 0.29) is 6.54 Å². The zero-order valence-electron chi connectivity index (χ0n) is 17.1. The Balaban J connectivity index is 1.97. The maximum absolute atomic E-state index is 13.7. The Morgan fingerprint density at radius 2 is 1.03 bits per heavy atom. The molecule has 0 unspecified atom stereocenters. The zero-order valence-corrected chi connectivity index (χ0v) is 17.1. The predicted molar refractivity (Wildman–Crippen MR) is 127 cm³/mol. The summed E-state index contributed by atoms with van der Waals surface area (Å²) in [7, 11) is 0. The molecule has 0 atom stereocenters. The van der Waals surface area contributed by atoms with Crippen LogP contribution in [-0.4, -0.2) is 13.7 Å². The maximum Gasteiger partial charge on any atom is 0.345 e. The number of rotatable bonds is 4. The van der Waals surface area contributed by atoms with Gasteiger partial charge in [-0.3, -0.25) is 0 Å². The van der Waals surface area contributed by atoms with Crippen molar-refractivity contribution < 1.29 is 0 Å². The van der Waals surface area contributed by atoms with Crippen LogP contribution in [0, 0.1) is 0 Å². The van der Waals surface area contributed by atoms with Gasteiger partial charge < -0.3 is 0 Å². The third-order valence-electron chi connectivity index (χ3n) is 5.55. The average molecular weight is 421 g/mol. The Kier molecular flexibility index (Phi) is 4.67. The van der Waals surface area contributed by atoms with Gasteiger partial charge in [0.25, 0.3) is 0 Å². The Labute approximate surface area is 182 Å². The minimum Gasteiger partial charge on any atom is -0.247 e. The van der Waals surface area contributed by atoms with E-state index in [4.69, 9.17) is 0 Å². The first-order valence-electron chi connectivity index (χ1n) is 10.2. The molecule has 4 aromatic carbocycles. The van der Waals surface area contributed by atoms with E-state index in [9.17, 15) is 14.4 Å². The molecule has 0 amide bonds. The summed E-state index contributed by atoms with van der Waals surface area (Å²) in [4.78, 5) is 40.5. The Morgan fingerprint density at radius 3 is 1.50 bits per heavy atom. The van der Waals surface area contributed by atoms with E-state index in [1.807, 2.05) is 60.7 Å². The number of hydrogen-bond acceptors (Lipinski definition) is 3. The lowest BCUT2D eigenvalue weighted by Gasteiger charge is -2.16. The van der Waals surface area contributed by atoms with Crippen LogP contribution in [0.3, 0.4) is 0 Å². The molecule has 0 N–H and O–H groups in total. The monoisotopic (exact) mass is 421 g/mol. The standard InChI is InChI=1S/C26H19N3O3/c1-2-17-27-24(30)28(22-15-7-11-18-9-3-5-13-20(18)22)26(32)29(25(27)31)23-16-8-12-19-10-4-6-14-21(19)23/h2-16H,1,17H2. The summed E-state index contributed by atoms with van der Waals surface area (Å²) in [6.45, 7) is 3.65. The molecule has 6 heteroatoms. The molecule has 1 heterocycles. The minimum atomic E-state index is -0.715. The first-order valence-corrected chi connectivity index (χ1v) is 10.2. The molecule has 1 aromatic heterocycles. The largest absolute Gasteiger partial charge is 0.345 e. The number of nitrogens with zero attached hydrogens (tertiary/aromatic N) is 3. The molecular formula is C26H19N3O3. The number of fused-ring (bicyclic) bond motifs is 2. The molecule has 5 aromatic rings. The first kappa shape index (κ1) is 19.5. The van der Waals surface area contributed by atoms with Crippen LogP contribution in [0.1, 0.15) is 0 Å². The van der Waals surface area contributed by atoms with Crippen molar-refractivity contribution in [3.63, 3.8) is 0 Å². The van der Waals surface area contributed by atoms with E-state index in [2.05, 4.69) is 6.58 Å². The summed E-state index contributed by atoms with van der Waals surface area (Å²) in [6, 6.07) is 25.8. The van der Waals surface area contributed by atoms with Crippen LogP contribution in [0.5, 0.6) is 0 Å². The zero-order chi connectivity index (χ0) is 22.2. The highest BCUT2D eigenvalue weighted by Crippen LogP contribution is 2.22. The van der Waals surface area contributed by atoms with E-state index in [0.29, 0.717) is 11.4 Å². The predicted octanol–water partition coefficient (Wildman–Crippen LogP) is 3.64. The van der Waals surface area contributed by atoms with Crippen molar-refractivity contribution in [1.82, 2.24) is 13.7 Å². The smallest absolute Gasteiger partial charge is 0.247 e. The lowest BCUT2D eigenvalue weighted by atomic mass is 10.1. The van der Waals surface area contributed by atoms with Crippen LogP contribution < -0.4 is 17.1 Å². The van der Waals surface area contributed by atoms with Gasteiger partial charge >= 0.3 is 17.1 Å². The molecule has 156 valence electrons. The van der Waals surface area contributed by atoms with Crippen molar-refractivity contribution in [3.8, 4) is 11.4 Å². The Hall–Kier alpha value is -4.45. The molecular weight excluding hydrogens is 402 g/mol. The van der Waals surface area contributed by atoms with Crippen molar-refractivity contribution in [1.29, 1.82) is 0 Å². The quantitative estimate of drug-likeness (QED) is 0.416. The molecule has 0 bridgehead atoms. The van der Waals surface area contributed by atoms with Crippen molar-refractivity contribution in [2.45, 2.75) is 6.54 Å². The average Bonchev–Trinajstić information content (AvgIpc) is 2.82. The van der Waals surface area contributed by atoms with Crippen molar-refractivity contribution in [2.24, 2.45) is 0 Å². The van der Waals surface area contributed by atoms with Gasteiger partial charge in [-0.2, -0.15) is 0 Å². The fraction of sp³-hybridized carbons (Fsp3) is 0.0385. The molecule has 32 heavy (non-hydrogen) atoms. The van der Waals surface area contributed by atoms with Crippen LogP contribution in [0.4, 0.5) is 0 Å². The van der Waals surface area contributed by atoms with Crippen LogP contribution in [-0.2, 0) is 6.54 Å². The van der Waals surface area contributed by atoms with E-state index in [1.165, 1.54) is 6.08 Å². The lowest BCUT2D eigenvalue weighted by molar-refractivity contribution is 0.591. The van der Waals surface area contributed by atoms with E-state index in [0.717, 1.165) is 35.2 Å².